The molecule has 140 valence electrons. The predicted octanol–water partition coefficient (Wildman–Crippen LogP) is 8.68. The Morgan fingerprint density at radius 1 is 0.690 bits per heavy atom. The molecule has 0 saturated carbocycles. The van der Waals surface area contributed by atoms with E-state index in [0.717, 1.165) is 5.02 Å². The predicted molar refractivity (Wildman–Crippen MR) is 127 cm³/mol. The highest BCUT2D eigenvalue weighted by Gasteiger charge is 2.35. The van der Waals surface area contributed by atoms with Gasteiger partial charge in [0.2, 0.25) is 0 Å². The number of fused-ring (bicyclic) bond motifs is 6. The van der Waals surface area contributed by atoms with E-state index in [0.29, 0.717) is 0 Å². The lowest BCUT2D eigenvalue weighted by Crippen LogP contribution is -2.14. The van der Waals surface area contributed by atoms with Crippen molar-refractivity contribution in [3.63, 3.8) is 0 Å². The second-order valence-electron chi connectivity index (χ2n) is 8.36. The van der Waals surface area contributed by atoms with Crippen molar-refractivity contribution in [1.82, 2.24) is 0 Å². The average Bonchev–Trinajstić information content (AvgIpc) is 3.22. The Bertz CT molecular complexity index is 1440. The van der Waals surface area contributed by atoms with Crippen molar-refractivity contribution in [2.75, 3.05) is 0 Å². The van der Waals surface area contributed by atoms with Crippen molar-refractivity contribution in [2.24, 2.45) is 0 Å². The van der Waals surface area contributed by atoms with Crippen LogP contribution in [0.3, 0.4) is 0 Å². The van der Waals surface area contributed by atoms with Crippen molar-refractivity contribution < 1.29 is 0 Å². The Kier molecular flexibility index (Phi) is 3.54. The van der Waals surface area contributed by atoms with Crippen molar-refractivity contribution in [3.8, 4) is 22.3 Å². The van der Waals surface area contributed by atoms with Gasteiger partial charge in [-0.1, -0.05) is 86.1 Å². The van der Waals surface area contributed by atoms with Crippen LogP contribution in [0.5, 0.6) is 0 Å². The zero-order chi connectivity index (χ0) is 19.8. The molecule has 1 aromatic heterocycles. The topological polar surface area (TPSA) is 0 Å². The Morgan fingerprint density at radius 3 is 2.34 bits per heavy atom. The van der Waals surface area contributed by atoms with Gasteiger partial charge in [-0.2, -0.15) is 0 Å². The fourth-order valence-corrected chi connectivity index (χ4v) is 6.26. The van der Waals surface area contributed by atoms with Gasteiger partial charge in [0.15, 0.2) is 0 Å². The standard InChI is InChI=1S/C27H19ClS/c1-27(2)22-8-4-3-6-18(22)19-12-10-16(14-23(19)27)17-11-13-20-21-7-5-9-24(28)26(21)29-25(20)15-17/h3-15H,1-2H3. The maximum absolute atomic E-state index is 6.44. The van der Waals surface area contributed by atoms with E-state index in [2.05, 4.69) is 80.6 Å². The van der Waals surface area contributed by atoms with Crippen LogP contribution in [0, 0.1) is 0 Å². The fourth-order valence-electron chi connectivity index (χ4n) is 4.83. The fraction of sp³-hybridized carbons (Fsp3) is 0.111. The molecule has 1 aliphatic rings. The highest BCUT2D eigenvalue weighted by atomic mass is 35.5. The van der Waals surface area contributed by atoms with Gasteiger partial charge >= 0.3 is 0 Å². The minimum atomic E-state index is 0.0250. The first-order valence-corrected chi connectivity index (χ1v) is 11.1. The maximum atomic E-state index is 6.44. The molecule has 0 saturated heterocycles. The summed E-state index contributed by atoms with van der Waals surface area (Å²) in [6, 6.07) is 28.7. The first-order chi connectivity index (χ1) is 14.0. The van der Waals surface area contributed by atoms with Crippen molar-refractivity contribution in [3.05, 3.63) is 95.0 Å². The van der Waals surface area contributed by atoms with E-state index in [1.807, 2.05) is 12.1 Å². The molecule has 5 aromatic rings. The largest absolute Gasteiger partial charge is 0.134 e. The van der Waals surface area contributed by atoms with Crippen LogP contribution >= 0.6 is 22.9 Å². The first kappa shape index (κ1) is 17.3. The molecule has 0 spiro atoms. The minimum Gasteiger partial charge on any atom is -0.134 e. The molecule has 0 nitrogen and oxygen atoms in total. The van der Waals surface area contributed by atoms with Gasteiger partial charge in [0.05, 0.1) is 9.72 Å². The molecule has 0 unspecified atom stereocenters. The van der Waals surface area contributed by atoms with Crippen LogP contribution in [0.1, 0.15) is 25.0 Å². The molecular weight excluding hydrogens is 392 g/mol. The second kappa shape index (κ2) is 5.95. The van der Waals surface area contributed by atoms with E-state index in [9.17, 15) is 0 Å². The number of hydrogen-bond donors (Lipinski definition) is 0. The molecule has 0 N–H and O–H groups in total. The Hall–Kier alpha value is -2.61. The highest BCUT2D eigenvalue weighted by molar-refractivity contribution is 7.26. The van der Waals surface area contributed by atoms with Gasteiger partial charge in [-0.05, 0) is 51.6 Å². The molecular formula is C27H19ClS. The summed E-state index contributed by atoms with van der Waals surface area (Å²) in [6.45, 7) is 4.66. The summed E-state index contributed by atoms with van der Waals surface area (Å²) in [6.07, 6.45) is 0. The number of benzene rings is 4. The minimum absolute atomic E-state index is 0.0250. The summed E-state index contributed by atoms with van der Waals surface area (Å²) in [5.74, 6) is 0. The van der Waals surface area contributed by atoms with Crippen molar-refractivity contribution >= 4 is 43.1 Å². The van der Waals surface area contributed by atoms with Gasteiger partial charge < -0.3 is 0 Å². The lowest BCUT2D eigenvalue weighted by Gasteiger charge is -2.22. The molecule has 4 aromatic carbocycles. The lowest BCUT2D eigenvalue weighted by atomic mass is 9.81. The number of thiophene rings is 1. The molecule has 0 bridgehead atoms. The summed E-state index contributed by atoms with van der Waals surface area (Å²) in [4.78, 5) is 0. The van der Waals surface area contributed by atoms with Crippen LogP contribution in [-0.4, -0.2) is 0 Å². The van der Waals surface area contributed by atoms with E-state index >= 15 is 0 Å². The number of halogens is 1. The molecule has 0 amide bonds. The smallest absolute Gasteiger partial charge is 0.0584 e. The van der Waals surface area contributed by atoms with Crippen LogP contribution < -0.4 is 0 Å². The second-order valence-corrected chi connectivity index (χ2v) is 9.82. The van der Waals surface area contributed by atoms with Crippen LogP contribution in [0.25, 0.3) is 42.4 Å². The first-order valence-electron chi connectivity index (χ1n) is 9.89. The monoisotopic (exact) mass is 410 g/mol. The molecule has 1 aliphatic carbocycles. The third-order valence-corrected chi connectivity index (χ3v) is 8.00. The van der Waals surface area contributed by atoms with E-state index < -0.39 is 0 Å². The number of hydrogen-bond acceptors (Lipinski definition) is 1. The molecule has 6 rings (SSSR count). The van der Waals surface area contributed by atoms with Crippen molar-refractivity contribution in [2.45, 2.75) is 19.3 Å². The van der Waals surface area contributed by atoms with E-state index in [-0.39, 0.29) is 5.41 Å². The Labute approximate surface area is 179 Å². The highest BCUT2D eigenvalue weighted by Crippen LogP contribution is 2.49. The van der Waals surface area contributed by atoms with Gasteiger partial charge in [0, 0.05) is 20.9 Å². The van der Waals surface area contributed by atoms with Gasteiger partial charge in [0.1, 0.15) is 0 Å². The van der Waals surface area contributed by atoms with Gasteiger partial charge in [0.25, 0.3) is 0 Å². The molecule has 0 radical (unpaired) electrons. The summed E-state index contributed by atoms with van der Waals surface area (Å²) in [5, 5.41) is 3.36. The van der Waals surface area contributed by atoms with Gasteiger partial charge in [-0.25, -0.2) is 0 Å². The zero-order valence-corrected chi connectivity index (χ0v) is 17.9. The van der Waals surface area contributed by atoms with E-state index in [4.69, 9.17) is 11.6 Å². The van der Waals surface area contributed by atoms with Crippen LogP contribution in [0.4, 0.5) is 0 Å². The SMILES string of the molecule is CC1(C)c2ccccc2-c2ccc(-c3ccc4c(c3)sc3c(Cl)cccc34)cc21. The third-order valence-electron chi connectivity index (χ3n) is 6.37. The van der Waals surface area contributed by atoms with Crippen LogP contribution in [-0.2, 0) is 5.41 Å². The lowest BCUT2D eigenvalue weighted by molar-refractivity contribution is 0.660. The maximum Gasteiger partial charge on any atom is 0.0584 e. The molecule has 0 aliphatic heterocycles. The Balaban J connectivity index is 1.53. The molecule has 29 heavy (non-hydrogen) atoms. The van der Waals surface area contributed by atoms with E-state index in [1.54, 1.807) is 11.3 Å². The molecule has 2 heteroatoms. The quantitative estimate of drug-likeness (QED) is 0.259. The van der Waals surface area contributed by atoms with Crippen LogP contribution in [0.15, 0.2) is 78.9 Å². The Morgan fingerprint density at radius 2 is 1.45 bits per heavy atom. The number of rotatable bonds is 1. The van der Waals surface area contributed by atoms with Gasteiger partial charge in [-0.3, -0.25) is 0 Å². The average molecular weight is 411 g/mol. The van der Waals surface area contributed by atoms with Crippen LogP contribution in [0.2, 0.25) is 5.02 Å². The summed E-state index contributed by atoms with van der Waals surface area (Å²) >= 11 is 8.22. The van der Waals surface area contributed by atoms with Crippen molar-refractivity contribution in [1.29, 1.82) is 0 Å². The van der Waals surface area contributed by atoms with E-state index in [1.165, 1.54) is 53.6 Å². The molecule has 1 heterocycles. The normalized spacial score (nSPS) is 14.3. The molecule has 0 fully saturated rings. The third kappa shape index (κ3) is 2.38. The molecule has 0 atom stereocenters. The zero-order valence-electron chi connectivity index (χ0n) is 16.3. The summed E-state index contributed by atoms with van der Waals surface area (Å²) in [7, 11) is 0. The van der Waals surface area contributed by atoms with Gasteiger partial charge in [-0.15, -0.1) is 11.3 Å². The summed E-state index contributed by atoms with van der Waals surface area (Å²) < 4.78 is 2.46. The summed E-state index contributed by atoms with van der Waals surface area (Å²) in [5.41, 5.74) is 8.12.